The van der Waals surface area contributed by atoms with Gasteiger partial charge >= 0.3 is 0 Å². The number of hydrogen-bond donors (Lipinski definition) is 2. The first-order valence-corrected chi connectivity index (χ1v) is 6.01. The van der Waals surface area contributed by atoms with Crippen LogP contribution in [0.1, 0.15) is 12.0 Å². The Morgan fingerprint density at radius 1 is 1.56 bits per heavy atom. The van der Waals surface area contributed by atoms with Crippen LogP contribution in [-0.4, -0.2) is 31.8 Å². The maximum Gasteiger partial charge on any atom is 0.226 e. The number of benzene rings is 1. The maximum absolute atomic E-state index is 11.7. The predicted octanol–water partition coefficient (Wildman–Crippen LogP) is 1.32. The van der Waals surface area contributed by atoms with Crippen molar-refractivity contribution in [2.45, 2.75) is 19.4 Å². The number of nitrogens with one attached hydrogen (secondary N) is 1. The molecule has 0 spiro atoms. The Kier molecular flexibility index (Phi) is 4.17. The molecule has 0 unspecified atom stereocenters. The smallest absolute Gasteiger partial charge is 0.226 e. The van der Waals surface area contributed by atoms with E-state index in [0.29, 0.717) is 31.9 Å². The quantitative estimate of drug-likeness (QED) is 0.773. The molecule has 1 aliphatic rings. The van der Waals surface area contributed by atoms with Crippen molar-refractivity contribution >= 4 is 17.3 Å². The van der Waals surface area contributed by atoms with E-state index in [4.69, 9.17) is 15.2 Å². The minimum atomic E-state index is -0.0658. The average molecular weight is 250 g/mol. The van der Waals surface area contributed by atoms with E-state index in [1.165, 1.54) is 0 Å². The maximum atomic E-state index is 11.7. The molecule has 98 valence electrons. The number of nitrogens with two attached hydrogens (primary N) is 1. The minimum absolute atomic E-state index is 0.0658. The lowest BCUT2D eigenvalue weighted by Gasteiger charge is -2.25. The van der Waals surface area contributed by atoms with Gasteiger partial charge in [-0.2, -0.15) is 0 Å². The number of nitrogen functional groups attached to an aromatic ring is 1. The van der Waals surface area contributed by atoms with Crippen LogP contribution in [0.15, 0.2) is 18.2 Å². The minimum Gasteiger partial charge on any atom is -0.398 e. The molecule has 0 radical (unpaired) electrons. The van der Waals surface area contributed by atoms with Gasteiger partial charge in [-0.1, -0.05) is 6.07 Å². The van der Waals surface area contributed by atoms with Crippen molar-refractivity contribution in [3.63, 3.8) is 0 Å². The highest BCUT2D eigenvalue weighted by Gasteiger charge is 2.18. The fourth-order valence-electron chi connectivity index (χ4n) is 1.63. The lowest BCUT2D eigenvalue weighted by Crippen LogP contribution is -2.36. The van der Waals surface area contributed by atoms with Crippen LogP contribution in [0.4, 0.5) is 11.4 Å². The Morgan fingerprint density at radius 2 is 2.33 bits per heavy atom. The van der Waals surface area contributed by atoms with Crippen LogP contribution in [0.5, 0.6) is 0 Å². The SMILES string of the molecule is Cc1c(N)cccc1NC(=O)CCOC1COC1. The van der Waals surface area contributed by atoms with Gasteiger partial charge in [-0.15, -0.1) is 0 Å². The lowest BCUT2D eigenvalue weighted by molar-refractivity contribution is -0.135. The first kappa shape index (κ1) is 12.9. The summed E-state index contributed by atoms with van der Waals surface area (Å²) in [5.74, 6) is -0.0658. The molecular formula is C13H18N2O3. The molecule has 18 heavy (non-hydrogen) atoms. The van der Waals surface area contributed by atoms with Crippen molar-refractivity contribution in [2.75, 3.05) is 30.9 Å². The summed E-state index contributed by atoms with van der Waals surface area (Å²) < 4.78 is 10.4. The third kappa shape index (κ3) is 3.21. The van der Waals surface area contributed by atoms with Crippen molar-refractivity contribution in [3.8, 4) is 0 Å². The summed E-state index contributed by atoms with van der Waals surface area (Å²) in [6.45, 7) is 3.57. The number of hydrogen-bond acceptors (Lipinski definition) is 4. The molecule has 0 atom stereocenters. The second-order valence-electron chi connectivity index (χ2n) is 4.35. The molecule has 1 aromatic rings. The van der Waals surface area contributed by atoms with Gasteiger partial charge in [-0.25, -0.2) is 0 Å². The van der Waals surface area contributed by atoms with Crippen LogP contribution >= 0.6 is 0 Å². The van der Waals surface area contributed by atoms with Crippen LogP contribution in [0.3, 0.4) is 0 Å². The monoisotopic (exact) mass is 250 g/mol. The number of ether oxygens (including phenoxy) is 2. The fraction of sp³-hybridized carbons (Fsp3) is 0.462. The van der Waals surface area contributed by atoms with E-state index in [0.717, 1.165) is 11.3 Å². The zero-order chi connectivity index (χ0) is 13.0. The van der Waals surface area contributed by atoms with Gasteiger partial charge in [-0.3, -0.25) is 4.79 Å². The summed E-state index contributed by atoms with van der Waals surface area (Å²) in [4.78, 5) is 11.7. The Morgan fingerprint density at radius 3 is 3.00 bits per heavy atom. The molecule has 2 rings (SSSR count). The van der Waals surface area contributed by atoms with Crippen molar-refractivity contribution < 1.29 is 14.3 Å². The third-order valence-electron chi connectivity index (χ3n) is 2.94. The van der Waals surface area contributed by atoms with Gasteiger partial charge in [0, 0.05) is 11.4 Å². The second kappa shape index (κ2) is 5.84. The molecular weight excluding hydrogens is 232 g/mol. The molecule has 0 bridgehead atoms. The summed E-state index contributed by atoms with van der Waals surface area (Å²) in [6.07, 6.45) is 0.497. The number of anilines is 2. The number of amides is 1. The summed E-state index contributed by atoms with van der Waals surface area (Å²) in [5, 5.41) is 2.83. The van der Waals surface area contributed by atoms with Gasteiger partial charge in [0.15, 0.2) is 0 Å². The highest BCUT2D eigenvalue weighted by molar-refractivity contribution is 5.92. The molecule has 0 aromatic heterocycles. The van der Waals surface area contributed by atoms with Crippen LogP contribution in [0.2, 0.25) is 0 Å². The molecule has 5 heteroatoms. The predicted molar refractivity (Wildman–Crippen MR) is 69.4 cm³/mol. The lowest BCUT2D eigenvalue weighted by atomic mass is 10.1. The molecule has 1 aromatic carbocycles. The van der Waals surface area contributed by atoms with Gasteiger partial charge in [0.1, 0.15) is 6.10 Å². The molecule has 1 heterocycles. The van der Waals surface area contributed by atoms with E-state index < -0.39 is 0 Å². The van der Waals surface area contributed by atoms with Crippen molar-refractivity contribution in [2.24, 2.45) is 0 Å². The second-order valence-corrected chi connectivity index (χ2v) is 4.35. The first-order valence-electron chi connectivity index (χ1n) is 6.01. The van der Waals surface area contributed by atoms with E-state index >= 15 is 0 Å². The average Bonchev–Trinajstić information content (AvgIpc) is 2.28. The van der Waals surface area contributed by atoms with Crippen LogP contribution in [0, 0.1) is 6.92 Å². The first-order chi connectivity index (χ1) is 8.66. The zero-order valence-electron chi connectivity index (χ0n) is 10.4. The topological polar surface area (TPSA) is 73.6 Å². The highest BCUT2D eigenvalue weighted by atomic mass is 16.6. The summed E-state index contributed by atoms with van der Waals surface area (Å²) in [6, 6.07) is 5.47. The zero-order valence-corrected chi connectivity index (χ0v) is 10.4. The molecule has 5 nitrogen and oxygen atoms in total. The highest BCUT2D eigenvalue weighted by Crippen LogP contribution is 2.20. The Hall–Kier alpha value is -1.59. The normalized spacial score (nSPS) is 15.2. The van der Waals surface area contributed by atoms with Gasteiger partial charge in [0.05, 0.1) is 26.2 Å². The summed E-state index contributed by atoms with van der Waals surface area (Å²) >= 11 is 0. The third-order valence-corrected chi connectivity index (χ3v) is 2.94. The van der Waals surface area contributed by atoms with Crippen molar-refractivity contribution in [1.82, 2.24) is 0 Å². The Labute approximate surface area is 106 Å². The van der Waals surface area contributed by atoms with Gasteiger partial charge in [0.25, 0.3) is 0 Å². The van der Waals surface area contributed by atoms with Gasteiger partial charge in [-0.05, 0) is 24.6 Å². The van der Waals surface area contributed by atoms with Gasteiger partial charge < -0.3 is 20.5 Å². The van der Waals surface area contributed by atoms with E-state index in [1.807, 2.05) is 25.1 Å². The van der Waals surface area contributed by atoms with E-state index in [1.54, 1.807) is 0 Å². The fourth-order valence-corrected chi connectivity index (χ4v) is 1.63. The number of rotatable bonds is 5. The van der Waals surface area contributed by atoms with E-state index in [-0.39, 0.29) is 12.0 Å². The molecule has 0 saturated carbocycles. The van der Waals surface area contributed by atoms with E-state index in [9.17, 15) is 4.79 Å². The number of carbonyl (C=O) groups excluding carboxylic acids is 1. The van der Waals surface area contributed by atoms with Crippen LogP contribution < -0.4 is 11.1 Å². The molecule has 1 aliphatic heterocycles. The largest absolute Gasteiger partial charge is 0.398 e. The molecule has 3 N–H and O–H groups in total. The summed E-state index contributed by atoms with van der Waals surface area (Å²) in [5.41, 5.74) is 8.09. The van der Waals surface area contributed by atoms with E-state index in [2.05, 4.69) is 5.32 Å². The van der Waals surface area contributed by atoms with Gasteiger partial charge in [0.2, 0.25) is 5.91 Å². The van der Waals surface area contributed by atoms with Crippen molar-refractivity contribution in [1.29, 1.82) is 0 Å². The van der Waals surface area contributed by atoms with Crippen LogP contribution in [-0.2, 0) is 14.3 Å². The summed E-state index contributed by atoms with van der Waals surface area (Å²) in [7, 11) is 0. The molecule has 1 fully saturated rings. The molecule has 1 saturated heterocycles. The molecule has 1 amide bonds. The Balaban J connectivity index is 1.77. The van der Waals surface area contributed by atoms with Crippen molar-refractivity contribution in [3.05, 3.63) is 23.8 Å². The molecule has 0 aliphatic carbocycles. The standard InChI is InChI=1S/C13H18N2O3/c1-9-11(14)3-2-4-12(9)15-13(16)5-6-18-10-7-17-8-10/h2-4,10H,5-8,14H2,1H3,(H,15,16). The Bertz CT molecular complexity index is 430. The van der Waals surface area contributed by atoms with Crippen LogP contribution in [0.25, 0.3) is 0 Å². The number of carbonyl (C=O) groups is 1.